The molecule has 452 valence electrons. The highest BCUT2D eigenvalue weighted by molar-refractivity contribution is 5.98. The summed E-state index contributed by atoms with van der Waals surface area (Å²) < 4.78 is 13.6. The molecule has 0 unspecified atom stereocenters. The van der Waals surface area contributed by atoms with Gasteiger partial charge in [0.2, 0.25) is 0 Å². The third-order valence-electron chi connectivity index (χ3n) is 19.0. The van der Waals surface area contributed by atoms with Crippen molar-refractivity contribution in [1.82, 2.24) is 43.5 Å². The number of hydrogen-bond acceptors (Lipinski definition) is 10. The molecule has 0 amide bonds. The molecule has 4 saturated carbocycles. The van der Waals surface area contributed by atoms with Crippen LogP contribution in [0.5, 0.6) is 0 Å². The van der Waals surface area contributed by atoms with E-state index in [9.17, 15) is 19.5 Å². The van der Waals surface area contributed by atoms with Crippen LogP contribution in [0, 0.1) is 0 Å². The maximum atomic E-state index is 11.4. The highest BCUT2D eigenvalue weighted by atomic mass is 16.5. The van der Waals surface area contributed by atoms with Gasteiger partial charge in [0, 0.05) is 81.1 Å². The smallest absolute Gasteiger partial charge is 0.335 e. The largest absolute Gasteiger partial charge is 0.478 e. The second-order valence-electron chi connectivity index (χ2n) is 24.5. The SMILES string of the molecule is CCOC(=O)/C=C/c1ccc2c(c1)nc(C1(N)CCC1)n2C.Cn1c(-c2ccccn2)c(C2CCCC2)c2ccc(C(=O)O)cc21.Cn1c(C2(NCc3ccc4c(C5CCCC5)c(-c5ccccn5)n(C)c4c3)CCC2)nc2cc(/C=C/C(=O)O)ccc21. The molecule has 6 aromatic heterocycles. The fraction of sp³-hybridized carbons (Fsp3) is 0.347. The van der Waals surface area contributed by atoms with Crippen molar-refractivity contribution in [3.63, 3.8) is 0 Å². The fourth-order valence-corrected chi connectivity index (χ4v) is 14.2. The first-order chi connectivity index (χ1) is 42.6. The van der Waals surface area contributed by atoms with Gasteiger partial charge in [0.25, 0.3) is 0 Å². The number of nitrogens with two attached hydrogens (primary N) is 1. The topological polar surface area (TPSA) is 210 Å². The van der Waals surface area contributed by atoms with E-state index in [1.54, 1.807) is 31.2 Å². The minimum absolute atomic E-state index is 0.178. The lowest BCUT2D eigenvalue weighted by atomic mass is 9.75. The number of hydrogen-bond donors (Lipinski definition) is 4. The Hall–Kier alpha value is -8.99. The molecule has 16 nitrogen and oxygen atoms in total. The normalized spacial score (nSPS) is 16.5. The van der Waals surface area contributed by atoms with Crippen molar-refractivity contribution >= 4 is 73.9 Å². The van der Waals surface area contributed by atoms with Gasteiger partial charge in [0.1, 0.15) is 11.6 Å². The van der Waals surface area contributed by atoms with Crippen molar-refractivity contribution < 1.29 is 29.3 Å². The molecule has 88 heavy (non-hydrogen) atoms. The molecule has 0 spiro atoms. The van der Waals surface area contributed by atoms with Crippen molar-refractivity contribution in [2.75, 3.05) is 6.61 Å². The number of carbonyl (C=O) groups is 3. The van der Waals surface area contributed by atoms with E-state index in [0.717, 1.165) is 118 Å². The Morgan fingerprint density at radius 3 is 1.61 bits per heavy atom. The van der Waals surface area contributed by atoms with Gasteiger partial charge >= 0.3 is 17.9 Å². The molecule has 14 rings (SSSR count). The third-order valence-corrected chi connectivity index (χ3v) is 19.0. The summed E-state index contributed by atoms with van der Waals surface area (Å²) in [7, 11) is 8.29. The van der Waals surface area contributed by atoms with E-state index in [1.165, 1.54) is 96.8 Å². The molecule has 5 N–H and O–H groups in total. The number of esters is 1. The van der Waals surface area contributed by atoms with Crippen LogP contribution in [-0.2, 0) is 60.1 Å². The van der Waals surface area contributed by atoms with E-state index in [0.29, 0.717) is 24.0 Å². The van der Waals surface area contributed by atoms with Gasteiger partial charge in [-0.3, -0.25) is 9.97 Å². The maximum absolute atomic E-state index is 11.4. The number of aromatic nitrogens is 8. The molecule has 4 aliphatic carbocycles. The minimum atomic E-state index is -0.953. The zero-order chi connectivity index (χ0) is 61.3. The van der Waals surface area contributed by atoms with Gasteiger partial charge in [-0.25, -0.2) is 24.4 Å². The molecule has 0 saturated heterocycles. The van der Waals surface area contributed by atoms with Gasteiger partial charge in [0.15, 0.2) is 0 Å². The zero-order valence-electron chi connectivity index (χ0n) is 51.0. The number of ether oxygens (including phenoxy) is 1. The summed E-state index contributed by atoms with van der Waals surface area (Å²) in [5, 5.41) is 24.8. The highest BCUT2D eigenvalue weighted by Gasteiger charge is 2.42. The second-order valence-corrected chi connectivity index (χ2v) is 24.5. The number of aryl methyl sites for hydroxylation is 4. The average Bonchev–Trinajstić information content (AvgIpc) is 1.69. The molecular weight excluding hydrogens is 1100 g/mol. The highest BCUT2D eigenvalue weighted by Crippen LogP contribution is 2.47. The predicted molar refractivity (Wildman–Crippen MR) is 348 cm³/mol. The Balaban J connectivity index is 0.000000139. The van der Waals surface area contributed by atoms with Gasteiger partial charge in [-0.15, -0.1) is 0 Å². The number of pyridine rings is 2. The van der Waals surface area contributed by atoms with E-state index in [-0.39, 0.29) is 17.0 Å². The number of nitrogens with zero attached hydrogens (tertiary/aromatic N) is 8. The monoisotopic (exact) mass is 1180 g/mol. The molecule has 0 bridgehead atoms. The Kier molecular flexibility index (Phi) is 16.9. The molecule has 0 atom stereocenters. The van der Waals surface area contributed by atoms with Crippen molar-refractivity contribution in [3.8, 4) is 22.8 Å². The first kappa shape index (κ1) is 59.3. The summed E-state index contributed by atoms with van der Waals surface area (Å²) in [4.78, 5) is 52.8. The van der Waals surface area contributed by atoms with E-state index in [2.05, 4.69) is 73.0 Å². The van der Waals surface area contributed by atoms with Crippen LogP contribution >= 0.6 is 0 Å². The van der Waals surface area contributed by atoms with Gasteiger partial charge in [0.05, 0.1) is 68.1 Å². The lowest BCUT2D eigenvalue weighted by Crippen LogP contribution is -2.49. The lowest BCUT2D eigenvalue weighted by Gasteiger charge is -2.42. The Labute approximate surface area is 512 Å². The molecule has 4 aromatic carbocycles. The van der Waals surface area contributed by atoms with Gasteiger partial charge in [-0.1, -0.05) is 68.1 Å². The quantitative estimate of drug-likeness (QED) is 0.0558. The van der Waals surface area contributed by atoms with Crippen molar-refractivity contribution in [2.24, 2.45) is 33.9 Å². The zero-order valence-corrected chi connectivity index (χ0v) is 51.0. The number of rotatable bonds is 15. The molecule has 16 heteroatoms. The van der Waals surface area contributed by atoms with E-state index in [4.69, 9.17) is 30.5 Å². The molecule has 0 aliphatic heterocycles. The van der Waals surface area contributed by atoms with Gasteiger partial charge < -0.3 is 44.3 Å². The molecule has 6 heterocycles. The number of imidazole rings is 2. The van der Waals surface area contributed by atoms with E-state index >= 15 is 0 Å². The number of fused-ring (bicyclic) bond motifs is 4. The molecule has 4 aliphatic rings. The van der Waals surface area contributed by atoms with Crippen LogP contribution in [0.4, 0.5) is 0 Å². The van der Waals surface area contributed by atoms with Crippen LogP contribution in [-0.4, -0.2) is 72.9 Å². The number of benzene rings is 4. The van der Waals surface area contributed by atoms with E-state index < -0.39 is 11.9 Å². The Morgan fingerprint density at radius 1 is 0.602 bits per heavy atom. The predicted octanol–water partition coefficient (Wildman–Crippen LogP) is 14.1. The molecule has 10 aromatic rings. The van der Waals surface area contributed by atoms with E-state index in [1.807, 2.05) is 93.2 Å². The standard InChI is InChI=1S/C35H37N5O2.C20H20N2O2.C17H21N3O2/c1-39-30-21-24(11-14-26(30)32(25-8-3-4-9-25)33(39)27-10-5-6-19-36-27)22-37-35(17-7-18-35)34-38-28-20-23(13-16-31(41)42)12-15-29(28)40(34)2;1-22-17-12-14(20(23)24)9-10-15(17)18(13-6-2-3-7-13)19(22)16-8-4-5-11-21-16;1-3-22-15(21)8-6-12-5-7-14-13(11-12)19-16(20(14)2)17(18)9-4-10-17/h5-6,10-16,19-21,25,37H,3-4,7-9,17-18,22H2,1-2H3,(H,41,42);4-5,8-13H,2-3,6-7H2,1H3,(H,23,24);5-8,11H,3-4,9-10,18H2,1-2H3/b16-13+;;8-6+. The van der Waals surface area contributed by atoms with Crippen LogP contribution in [0.15, 0.2) is 134 Å². The first-order valence-electron chi connectivity index (χ1n) is 31.2. The summed E-state index contributed by atoms with van der Waals surface area (Å²) in [5.41, 5.74) is 22.6. The van der Waals surface area contributed by atoms with Crippen LogP contribution in [0.25, 0.3) is 78.8 Å². The summed E-state index contributed by atoms with van der Waals surface area (Å²) >= 11 is 0. The lowest BCUT2D eigenvalue weighted by molar-refractivity contribution is -0.137. The minimum Gasteiger partial charge on any atom is -0.478 e. The number of aliphatic carboxylic acids is 1. The molecular formula is C72H78N10O6. The van der Waals surface area contributed by atoms with Crippen LogP contribution in [0.3, 0.4) is 0 Å². The first-order valence-corrected chi connectivity index (χ1v) is 31.2. The average molecular weight is 1180 g/mol. The van der Waals surface area contributed by atoms with Gasteiger partial charge in [-0.05, 0) is 190 Å². The second kappa shape index (κ2) is 25.0. The Morgan fingerprint density at radius 2 is 1.12 bits per heavy atom. The molecule has 0 radical (unpaired) electrons. The van der Waals surface area contributed by atoms with Crippen molar-refractivity contribution in [1.29, 1.82) is 0 Å². The molecule has 4 fully saturated rings. The summed E-state index contributed by atoms with van der Waals surface area (Å²) in [6.45, 7) is 2.93. The Bertz CT molecular complexity index is 4300. The number of nitrogens with one attached hydrogen (secondary N) is 1. The fourth-order valence-electron chi connectivity index (χ4n) is 14.2. The van der Waals surface area contributed by atoms with Crippen LogP contribution in [0.1, 0.15) is 158 Å². The summed E-state index contributed by atoms with van der Waals surface area (Å²) in [6.07, 6.45) is 26.1. The number of carboxylic acid groups (broad SMARTS) is 2. The van der Waals surface area contributed by atoms with Crippen LogP contribution in [0.2, 0.25) is 0 Å². The number of carboxylic acids is 2. The number of aromatic carboxylic acids is 1. The van der Waals surface area contributed by atoms with Gasteiger partial charge in [-0.2, -0.15) is 0 Å². The maximum Gasteiger partial charge on any atom is 0.335 e. The van der Waals surface area contributed by atoms with Crippen molar-refractivity contribution in [3.05, 3.63) is 179 Å². The third kappa shape index (κ3) is 11.6. The summed E-state index contributed by atoms with van der Waals surface area (Å²) in [6, 6.07) is 36.5. The number of carbonyl (C=O) groups excluding carboxylic acids is 1. The van der Waals surface area contributed by atoms with Crippen molar-refractivity contribution in [2.45, 2.75) is 126 Å². The summed E-state index contributed by atoms with van der Waals surface area (Å²) in [5.74, 6) is 0.932. The van der Waals surface area contributed by atoms with Crippen LogP contribution < -0.4 is 11.1 Å².